The molecule has 3 aromatic rings. The van der Waals surface area contributed by atoms with Crippen molar-refractivity contribution in [2.45, 2.75) is 66.1 Å². The van der Waals surface area contributed by atoms with Gasteiger partial charge in [-0.2, -0.15) is 0 Å². The van der Waals surface area contributed by atoms with E-state index in [9.17, 15) is 4.79 Å². The Kier molecular flexibility index (Phi) is 7.83. The van der Waals surface area contributed by atoms with Gasteiger partial charge < -0.3 is 14.2 Å². The quantitative estimate of drug-likeness (QED) is 0.279. The number of hydrogen-bond acceptors (Lipinski definition) is 4. The highest BCUT2D eigenvalue weighted by Crippen LogP contribution is 2.39. The molecule has 0 saturated carbocycles. The molecule has 0 N–H and O–H groups in total. The Morgan fingerprint density at radius 1 is 0.944 bits per heavy atom. The smallest absolute Gasteiger partial charge is 0.203 e. The number of Topliss-reactive ketones (excluding diaryl/α,β-unsaturated/α-hetero) is 1. The topological polar surface area (TPSA) is 44.8 Å². The molecule has 1 heterocycles. The van der Waals surface area contributed by atoms with Gasteiger partial charge in [0, 0.05) is 0 Å². The molecule has 0 saturated heterocycles. The Morgan fingerprint density at radius 3 is 2.42 bits per heavy atom. The van der Waals surface area contributed by atoms with Crippen LogP contribution < -0.4 is 14.2 Å². The molecule has 188 valence electrons. The van der Waals surface area contributed by atoms with Crippen molar-refractivity contribution < 1.29 is 19.0 Å². The second kappa shape index (κ2) is 11.0. The number of ether oxygens (including phenoxy) is 3. The van der Waals surface area contributed by atoms with Gasteiger partial charge >= 0.3 is 0 Å². The maximum atomic E-state index is 13.4. The lowest BCUT2D eigenvalue weighted by molar-refractivity contribution is 0.0914. The number of rotatable bonds is 10. The summed E-state index contributed by atoms with van der Waals surface area (Å²) in [7, 11) is 0. The Labute approximate surface area is 214 Å². The molecule has 0 bridgehead atoms. The molecule has 1 aliphatic heterocycles. The minimum Gasteiger partial charge on any atom is -0.488 e. The number of hydrogen-bond donors (Lipinski definition) is 0. The van der Waals surface area contributed by atoms with Gasteiger partial charge in [-0.05, 0) is 80.7 Å². The predicted molar refractivity (Wildman–Crippen MR) is 145 cm³/mol. The van der Waals surface area contributed by atoms with Crippen LogP contribution in [0.5, 0.6) is 17.2 Å². The zero-order valence-electron chi connectivity index (χ0n) is 22.0. The number of aryl methyl sites for hydroxylation is 3. The second-order valence-corrected chi connectivity index (χ2v) is 9.92. The lowest BCUT2D eigenvalue weighted by atomic mass is 9.98. The van der Waals surface area contributed by atoms with Gasteiger partial charge in [-0.3, -0.25) is 4.79 Å². The molecule has 0 radical (unpaired) electrons. The van der Waals surface area contributed by atoms with Crippen LogP contribution in [0.25, 0.3) is 6.08 Å². The summed E-state index contributed by atoms with van der Waals surface area (Å²) >= 11 is 0. The maximum absolute atomic E-state index is 13.4. The van der Waals surface area contributed by atoms with Crippen molar-refractivity contribution in [1.29, 1.82) is 0 Å². The number of fused-ring (bicyclic) bond motifs is 1. The number of ketones is 1. The zero-order chi connectivity index (χ0) is 25.7. The van der Waals surface area contributed by atoms with Gasteiger partial charge in [-0.1, -0.05) is 62.2 Å². The van der Waals surface area contributed by atoms with Crippen molar-refractivity contribution >= 4 is 11.9 Å². The van der Waals surface area contributed by atoms with Crippen molar-refractivity contribution in [3.8, 4) is 17.2 Å². The third-order valence-electron chi connectivity index (χ3n) is 6.39. The molecule has 0 spiro atoms. The first kappa shape index (κ1) is 25.6. The molecule has 1 aliphatic rings. The Morgan fingerprint density at radius 2 is 1.69 bits per heavy atom. The predicted octanol–water partition coefficient (Wildman–Crippen LogP) is 7.53. The van der Waals surface area contributed by atoms with Crippen LogP contribution in [0.1, 0.15) is 72.3 Å². The van der Waals surface area contributed by atoms with Gasteiger partial charge in [0.2, 0.25) is 5.78 Å². The lowest BCUT2D eigenvalue weighted by Gasteiger charge is -2.29. The average Bonchev–Trinajstić information content (AvgIpc) is 2.86. The van der Waals surface area contributed by atoms with Gasteiger partial charge in [0.25, 0.3) is 0 Å². The van der Waals surface area contributed by atoms with Crippen LogP contribution in [0.4, 0.5) is 0 Å². The average molecular weight is 485 g/mol. The highest BCUT2D eigenvalue weighted by Gasteiger charge is 2.25. The second-order valence-electron chi connectivity index (χ2n) is 9.92. The number of carbonyl (C=O) groups excluding carboxylic acids is 1. The van der Waals surface area contributed by atoms with Crippen molar-refractivity contribution in [2.24, 2.45) is 0 Å². The Hall–Kier alpha value is -3.53. The zero-order valence-corrected chi connectivity index (χ0v) is 22.0. The molecule has 0 aliphatic carbocycles. The molecule has 4 heteroatoms. The molecular weight excluding hydrogens is 448 g/mol. The van der Waals surface area contributed by atoms with Crippen LogP contribution in [-0.4, -0.2) is 18.0 Å². The summed E-state index contributed by atoms with van der Waals surface area (Å²) in [5.41, 5.74) is 5.52. The maximum Gasteiger partial charge on any atom is 0.203 e. The number of benzene rings is 3. The van der Waals surface area contributed by atoms with Gasteiger partial charge in [-0.15, -0.1) is 0 Å². The molecule has 3 aromatic carbocycles. The van der Waals surface area contributed by atoms with E-state index in [1.807, 2.05) is 56.3 Å². The summed E-state index contributed by atoms with van der Waals surface area (Å²) in [5, 5.41) is 0. The van der Waals surface area contributed by atoms with E-state index in [0.717, 1.165) is 47.3 Å². The van der Waals surface area contributed by atoms with E-state index in [1.165, 1.54) is 5.56 Å². The largest absolute Gasteiger partial charge is 0.488 e. The standard InChI is InChI=1S/C32H36O4/c1-6-8-23-13-15-26(30(19-23)34-20-24-11-9-22(3)10-12-24)28(33)21-35-31-25(7-2)14-16-29-27(31)17-18-32(4,5)36-29/h9-19H,6-8,20-21H2,1-5H3. The van der Waals surface area contributed by atoms with E-state index >= 15 is 0 Å². The molecule has 36 heavy (non-hydrogen) atoms. The fourth-order valence-corrected chi connectivity index (χ4v) is 4.35. The minimum atomic E-state index is -0.377. The summed E-state index contributed by atoms with van der Waals surface area (Å²) < 4.78 is 18.5. The van der Waals surface area contributed by atoms with Crippen LogP contribution in [0.3, 0.4) is 0 Å². The van der Waals surface area contributed by atoms with E-state index < -0.39 is 0 Å². The third-order valence-corrected chi connectivity index (χ3v) is 6.39. The van der Waals surface area contributed by atoms with Crippen molar-refractivity contribution in [3.05, 3.63) is 94.1 Å². The first-order chi connectivity index (χ1) is 17.3. The summed E-state index contributed by atoms with van der Waals surface area (Å²) in [6.07, 6.45) is 6.81. The van der Waals surface area contributed by atoms with Gasteiger partial charge in [-0.25, -0.2) is 0 Å². The molecular formula is C32H36O4. The summed E-state index contributed by atoms with van der Waals surface area (Å²) in [5.74, 6) is 1.97. The first-order valence-electron chi connectivity index (χ1n) is 12.8. The summed E-state index contributed by atoms with van der Waals surface area (Å²) in [4.78, 5) is 13.4. The highest BCUT2D eigenvalue weighted by atomic mass is 16.5. The van der Waals surface area contributed by atoms with Gasteiger partial charge in [0.05, 0.1) is 11.1 Å². The van der Waals surface area contributed by atoms with Crippen LogP contribution >= 0.6 is 0 Å². The molecule has 4 nitrogen and oxygen atoms in total. The van der Waals surface area contributed by atoms with E-state index in [-0.39, 0.29) is 18.0 Å². The molecule has 0 atom stereocenters. The first-order valence-corrected chi connectivity index (χ1v) is 12.8. The van der Waals surface area contributed by atoms with Crippen molar-refractivity contribution in [3.63, 3.8) is 0 Å². The Balaban J connectivity index is 1.56. The van der Waals surface area contributed by atoms with Crippen LogP contribution in [0, 0.1) is 6.92 Å². The molecule has 0 aromatic heterocycles. The fraction of sp³-hybridized carbons (Fsp3) is 0.344. The van der Waals surface area contributed by atoms with E-state index in [0.29, 0.717) is 23.7 Å². The van der Waals surface area contributed by atoms with Crippen LogP contribution in [-0.2, 0) is 19.4 Å². The normalized spacial score (nSPS) is 13.6. The summed E-state index contributed by atoms with van der Waals surface area (Å²) in [6.45, 7) is 10.7. The van der Waals surface area contributed by atoms with E-state index in [4.69, 9.17) is 14.2 Å². The molecule has 0 fully saturated rings. The van der Waals surface area contributed by atoms with Crippen molar-refractivity contribution in [1.82, 2.24) is 0 Å². The number of carbonyl (C=O) groups is 1. The SMILES string of the molecule is CCCc1ccc(C(=O)COc2c(CC)ccc3c2C=CC(C)(C)O3)c(OCc2ccc(C)cc2)c1. The van der Waals surface area contributed by atoms with E-state index in [2.05, 4.69) is 45.0 Å². The van der Waals surface area contributed by atoms with Crippen LogP contribution in [0.15, 0.2) is 60.7 Å². The summed E-state index contributed by atoms with van der Waals surface area (Å²) in [6, 6.07) is 18.1. The van der Waals surface area contributed by atoms with Gasteiger partial charge in [0.1, 0.15) is 29.5 Å². The van der Waals surface area contributed by atoms with Crippen LogP contribution in [0.2, 0.25) is 0 Å². The third kappa shape index (κ3) is 5.99. The van der Waals surface area contributed by atoms with Crippen molar-refractivity contribution in [2.75, 3.05) is 6.61 Å². The molecule has 0 amide bonds. The monoisotopic (exact) mass is 484 g/mol. The van der Waals surface area contributed by atoms with Gasteiger partial charge in [0.15, 0.2) is 6.61 Å². The highest BCUT2D eigenvalue weighted by molar-refractivity contribution is 6.00. The lowest BCUT2D eigenvalue weighted by Crippen LogP contribution is -2.27. The molecule has 0 unspecified atom stereocenters. The van der Waals surface area contributed by atoms with E-state index in [1.54, 1.807) is 0 Å². The Bertz CT molecular complexity index is 1250. The fourth-order valence-electron chi connectivity index (χ4n) is 4.35. The minimum absolute atomic E-state index is 0.0747. The molecule has 4 rings (SSSR count).